The van der Waals surface area contributed by atoms with Crippen LogP contribution in [0.2, 0.25) is 0 Å². The standard InChI is InChI=1S/C36H23N3O2S/c40-31-22-34-28(27-14-4-5-18-33(27)42-34)21-32(31)41-36-38-35-26(15-9-17-30(35)39(36)25-12-2-1-3-13-25)23-10-8-11-24(20-23)29-16-6-7-19-37-29/h1-22,40H. The molecule has 0 fully saturated rings. The first-order valence-electron chi connectivity index (χ1n) is 13.6. The number of fused-ring (bicyclic) bond motifs is 4. The van der Waals surface area contributed by atoms with Gasteiger partial charge < -0.3 is 9.84 Å². The van der Waals surface area contributed by atoms with E-state index in [1.54, 1.807) is 23.6 Å². The van der Waals surface area contributed by atoms with Crippen LogP contribution in [0.5, 0.6) is 17.5 Å². The minimum Gasteiger partial charge on any atom is -0.504 e. The first kappa shape index (κ1) is 24.3. The molecule has 0 aliphatic rings. The SMILES string of the molecule is Oc1cc2sc3ccccc3c2cc1Oc1nc2c(-c3cccc(-c4ccccn4)c3)cccc2n1-c1ccccc1. The molecular formula is C36H23N3O2S. The normalized spacial score (nSPS) is 11.4. The number of pyridine rings is 1. The molecule has 5 aromatic carbocycles. The molecule has 42 heavy (non-hydrogen) atoms. The van der Waals surface area contributed by atoms with Crippen molar-refractivity contribution >= 4 is 42.5 Å². The number of thiophene rings is 1. The quantitative estimate of drug-likeness (QED) is 0.227. The maximum absolute atomic E-state index is 11.0. The summed E-state index contributed by atoms with van der Waals surface area (Å²) in [6, 6.07) is 42.8. The molecular weight excluding hydrogens is 538 g/mol. The first-order chi connectivity index (χ1) is 20.7. The number of ether oxygens (including phenoxy) is 1. The second kappa shape index (κ2) is 9.87. The van der Waals surface area contributed by atoms with Gasteiger partial charge in [-0.25, -0.2) is 0 Å². The molecule has 0 aliphatic heterocycles. The number of rotatable bonds is 5. The van der Waals surface area contributed by atoms with Crippen molar-refractivity contribution in [2.45, 2.75) is 0 Å². The van der Waals surface area contributed by atoms with Gasteiger partial charge in [-0.3, -0.25) is 9.55 Å². The second-order valence-electron chi connectivity index (χ2n) is 10.1. The van der Waals surface area contributed by atoms with E-state index < -0.39 is 0 Å². The van der Waals surface area contributed by atoms with Gasteiger partial charge in [-0.15, -0.1) is 11.3 Å². The number of aromatic hydroxyl groups is 1. The number of aromatic nitrogens is 3. The van der Waals surface area contributed by atoms with E-state index in [4.69, 9.17) is 9.72 Å². The predicted octanol–water partition coefficient (Wildman–Crippen LogP) is 9.62. The highest BCUT2D eigenvalue weighted by Gasteiger charge is 2.20. The van der Waals surface area contributed by atoms with Crippen LogP contribution in [-0.4, -0.2) is 19.6 Å². The minimum atomic E-state index is 0.0732. The molecule has 0 saturated heterocycles. The Labute approximate surface area is 245 Å². The average Bonchev–Trinajstić information content (AvgIpc) is 3.59. The Morgan fingerprint density at radius 1 is 0.667 bits per heavy atom. The van der Waals surface area contributed by atoms with Crippen molar-refractivity contribution in [2.75, 3.05) is 0 Å². The van der Waals surface area contributed by atoms with Gasteiger partial charge in [0.15, 0.2) is 11.5 Å². The summed E-state index contributed by atoms with van der Waals surface area (Å²) in [6.07, 6.45) is 1.81. The van der Waals surface area contributed by atoms with Crippen molar-refractivity contribution in [1.82, 2.24) is 14.5 Å². The molecule has 0 spiro atoms. The van der Waals surface area contributed by atoms with E-state index >= 15 is 0 Å². The minimum absolute atomic E-state index is 0.0732. The molecule has 0 radical (unpaired) electrons. The Morgan fingerprint density at radius 3 is 2.36 bits per heavy atom. The highest BCUT2D eigenvalue weighted by Crippen LogP contribution is 2.43. The summed E-state index contributed by atoms with van der Waals surface area (Å²) in [5.41, 5.74) is 6.57. The topological polar surface area (TPSA) is 60.2 Å². The number of imidazole rings is 1. The fraction of sp³-hybridized carbons (Fsp3) is 0. The Morgan fingerprint density at radius 2 is 1.48 bits per heavy atom. The van der Waals surface area contributed by atoms with Crippen LogP contribution in [0, 0.1) is 0 Å². The Kier molecular flexibility index (Phi) is 5.72. The maximum Gasteiger partial charge on any atom is 0.307 e. The van der Waals surface area contributed by atoms with Crippen molar-refractivity contribution in [2.24, 2.45) is 0 Å². The van der Waals surface area contributed by atoms with Crippen LogP contribution in [0.25, 0.3) is 59.3 Å². The van der Waals surface area contributed by atoms with E-state index in [1.165, 1.54) is 0 Å². The van der Waals surface area contributed by atoms with Gasteiger partial charge in [0.1, 0.15) is 5.52 Å². The Bertz CT molecular complexity index is 2240. The summed E-state index contributed by atoms with van der Waals surface area (Å²) in [5, 5.41) is 13.2. The van der Waals surface area contributed by atoms with Gasteiger partial charge in [0.2, 0.25) is 0 Å². The lowest BCUT2D eigenvalue weighted by Crippen LogP contribution is -1.98. The lowest BCUT2D eigenvalue weighted by molar-refractivity contribution is 0.390. The van der Waals surface area contributed by atoms with Gasteiger partial charge in [-0.05, 0) is 54.1 Å². The summed E-state index contributed by atoms with van der Waals surface area (Å²) < 4.78 is 10.7. The molecule has 0 unspecified atom stereocenters. The zero-order chi connectivity index (χ0) is 28.0. The molecule has 0 bridgehead atoms. The molecule has 3 heterocycles. The van der Waals surface area contributed by atoms with Crippen LogP contribution in [0.3, 0.4) is 0 Å². The van der Waals surface area contributed by atoms with Gasteiger partial charge in [0.05, 0.1) is 16.9 Å². The largest absolute Gasteiger partial charge is 0.504 e. The molecule has 6 heteroatoms. The monoisotopic (exact) mass is 561 g/mol. The third kappa shape index (κ3) is 4.08. The number of benzene rings is 5. The number of nitrogens with zero attached hydrogens (tertiary/aromatic N) is 3. The lowest BCUT2D eigenvalue weighted by Gasteiger charge is -2.11. The molecule has 0 saturated carbocycles. The van der Waals surface area contributed by atoms with E-state index in [9.17, 15) is 5.11 Å². The summed E-state index contributed by atoms with van der Waals surface area (Å²) in [5.74, 6) is 0.432. The van der Waals surface area contributed by atoms with Gasteiger partial charge in [-0.2, -0.15) is 4.98 Å². The van der Waals surface area contributed by atoms with Crippen molar-refractivity contribution in [1.29, 1.82) is 0 Å². The zero-order valence-corrected chi connectivity index (χ0v) is 23.1. The van der Waals surface area contributed by atoms with Crippen LogP contribution in [-0.2, 0) is 0 Å². The van der Waals surface area contributed by atoms with Crippen molar-refractivity contribution < 1.29 is 9.84 Å². The van der Waals surface area contributed by atoms with E-state index in [2.05, 4.69) is 41.4 Å². The number of para-hydroxylation sites is 2. The van der Waals surface area contributed by atoms with E-state index in [0.29, 0.717) is 11.8 Å². The average molecular weight is 562 g/mol. The molecule has 5 nitrogen and oxygen atoms in total. The van der Waals surface area contributed by atoms with E-state index in [-0.39, 0.29) is 5.75 Å². The molecule has 1 N–H and O–H groups in total. The first-order valence-corrected chi connectivity index (χ1v) is 14.5. The van der Waals surface area contributed by atoms with Gasteiger partial charge in [0.25, 0.3) is 0 Å². The molecule has 0 aliphatic carbocycles. The van der Waals surface area contributed by atoms with Crippen LogP contribution >= 0.6 is 11.3 Å². The van der Waals surface area contributed by atoms with Crippen molar-refractivity contribution in [3.8, 4) is 45.6 Å². The summed E-state index contributed by atoms with van der Waals surface area (Å²) >= 11 is 1.65. The molecule has 8 rings (SSSR count). The van der Waals surface area contributed by atoms with E-state index in [0.717, 1.165) is 59.3 Å². The van der Waals surface area contributed by atoms with Crippen molar-refractivity contribution in [3.05, 3.63) is 134 Å². The second-order valence-corrected chi connectivity index (χ2v) is 11.1. The fourth-order valence-electron chi connectivity index (χ4n) is 5.51. The molecule has 0 atom stereocenters. The van der Waals surface area contributed by atoms with Crippen molar-refractivity contribution in [3.63, 3.8) is 0 Å². The third-order valence-electron chi connectivity index (χ3n) is 7.46. The van der Waals surface area contributed by atoms with Crippen LogP contribution in [0.15, 0.2) is 134 Å². The highest BCUT2D eigenvalue weighted by molar-refractivity contribution is 7.25. The van der Waals surface area contributed by atoms with Gasteiger partial charge in [0, 0.05) is 43.6 Å². The fourth-order valence-corrected chi connectivity index (χ4v) is 6.63. The number of phenolic OH excluding ortho intramolecular Hbond substituents is 1. The molecule has 200 valence electrons. The molecule has 8 aromatic rings. The Hall–Kier alpha value is -5.46. The van der Waals surface area contributed by atoms with Gasteiger partial charge in [-0.1, -0.05) is 72.8 Å². The van der Waals surface area contributed by atoms with Gasteiger partial charge >= 0.3 is 6.01 Å². The summed E-state index contributed by atoms with van der Waals surface area (Å²) in [7, 11) is 0. The number of phenols is 1. The number of hydrogen-bond donors (Lipinski definition) is 1. The van der Waals surface area contributed by atoms with E-state index in [1.807, 2.05) is 89.5 Å². The predicted molar refractivity (Wildman–Crippen MR) is 171 cm³/mol. The Balaban J connectivity index is 1.31. The molecule has 0 amide bonds. The zero-order valence-electron chi connectivity index (χ0n) is 22.3. The molecule has 3 aromatic heterocycles. The third-order valence-corrected chi connectivity index (χ3v) is 8.60. The highest BCUT2D eigenvalue weighted by atomic mass is 32.1. The maximum atomic E-state index is 11.0. The van der Waals surface area contributed by atoms with Crippen LogP contribution < -0.4 is 4.74 Å². The van der Waals surface area contributed by atoms with Crippen LogP contribution in [0.4, 0.5) is 0 Å². The van der Waals surface area contributed by atoms with Crippen LogP contribution in [0.1, 0.15) is 0 Å². The smallest absolute Gasteiger partial charge is 0.307 e. The lowest BCUT2D eigenvalue weighted by atomic mass is 10.0. The summed E-state index contributed by atoms with van der Waals surface area (Å²) in [4.78, 5) is 9.58. The summed E-state index contributed by atoms with van der Waals surface area (Å²) in [6.45, 7) is 0. The number of hydrogen-bond acceptors (Lipinski definition) is 5.